The molecule has 0 spiro atoms. The zero-order chi connectivity index (χ0) is 9.14. The number of rotatable bonds is 2. The molecule has 0 unspecified atom stereocenters. The standard InChI is InChI=1S/C9H14N2O/c1-7(2)6-8-4-5-10-9(12)11(8)3/h4-5,7H,6H2,1-3H3. The van der Waals surface area contributed by atoms with Gasteiger partial charge in [-0.2, -0.15) is 0 Å². The normalized spacial score (nSPS) is 10.7. The SMILES string of the molecule is CC(C)Cc1ccnc(=O)n1C. The highest BCUT2D eigenvalue weighted by molar-refractivity contribution is 5.01. The molecule has 3 nitrogen and oxygen atoms in total. The predicted molar refractivity (Wildman–Crippen MR) is 48.0 cm³/mol. The van der Waals surface area contributed by atoms with Crippen molar-refractivity contribution < 1.29 is 0 Å². The number of aromatic nitrogens is 2. The Bertz CT molecular complexity index is 315. The molecule has 0 saturated carbocycles. The Morgan fingerprint density at radius 2 is 2.25 bits per heavy atom. The molecule has 0 N–H and O–H groups in total. The molecule has 1 aromatic rings. The van der Waals surface area contributed by atoms with Gasteiger partial charge in [-0.25, -0.2) is 9.78 Å². The molecule has 12 heavy (non-hydrogen) atoms. The van der Waals surface area contributed by atoms with Crippen molar-refractivity contribution in [2.24, 2.45) is 13.0 Å². The highest BCUT2D eigenvalue weighted by Gasteiger charge is 2.01. The molecule has 0 amide bonds. The first-order valence-corrected chi connectivity index (χ1v) is 4.12. The summed E-state index contributed by atoms with van der Waals surface area (Å²) in [6.07, 6.45) is 2.49. The Balaban J connectivity index is 3.00. The Morgan fingerprint density at radius 3 is 2.83 bits per heavy atom. The molecule has 0 bridgehead atoms. The van der Waals surface area contributed by atoms with Gasteiger partial charge in [-0.05, 0) is 18.4 Å². The molecular formula is C9H14N2O. The second-order valence-electron chi connectivity index (χ2n) is 3.38. The molecular weight excluding hydrogens is 152 g/mol. The van der Waals surface area contributed by atoms with E-state index < -0.39 is 0 Å². The lowest BCUT2D eigenvalue weighted by Gasteiger charge is -2.08. The van der Waals surface area contributed by atoms with E-state index in [1.807, 2.05) is 6.07 Å². The molecule has 3 heteroatoms. The maximum atomic E-state index is 11.1. The monoisotopic (exact) mass is 166 g/mol. The van der Waals surface area contributed by atoms with E-state index in [9.17, 15) is 4.79 Å². The van der Waals surface area contributed by atoms with Gasteiger partial charge in [-0.1, -0.05) is 13.8 Å². The van der Waals surface area contributed by atoms with Crippen LogP contribution in [0.1, 0.15) is 19.5 Å². The predicted octanol–water partition coefficient (Wildman–Crippen LogP) is 0.979. The van der Waals surface area contributed by atoms with Gasteiger partial charge < -0.3 is 0 Å². The third kappa shape index (κ3) is 1.94. The average Bonchev–Trinajstić information content (AvgIpc) is 1.98. The Kier molecular flexibility index (Phi) is 2.63. The van der Waals surface area contributed by atoms with Gasteiger partial charge in [0, 0.05) is 18.9 Å². The summed E-state index contributed by atoms with van der Waals surface area (Å²) in [6.45, 7) is 4.26. The fraction of sp³-hybridized carbons (Fsp3) is 0.556. The highest BCUT2D eigenvalue weighted by Crippen LogP contribution is 2.03. The fourth-order valence-corrected chi connectivity index (χ4v) is 1.13. The minimum Gasteiger partial charge on any atom is -0.299 e. The van der Waals surface area contributed by atoms with E-state index in [1.54, 1.807) is 17.8 Å². The summed E-state index contributed by atoms with van der Waals surface area (Å²) in [5.74, 6) is 0.568. The van der Waals surface area contributed by atoms with Crippen LogP contribution in [0, 0.1) is 5.92 Å². The molecule has 0 aliphatic heterocycles. The fourth-order valence-electron chi connectivity index (χ4n) is 1.13. The summed E-state index contributed by atoms with van der Waals surface area (Å²) in [6, 6.07) is 1.89. The molecule has 1 heterocycles. The van der Waals surface area contributed by atoms with E-state index in [0.29, 0.717) is 5.92 Å². The lowest BCUT2D eigenvalue weighted by molar-refractivity contribution is 0.599. The summed E-state index contributed by atoms with van der Waals surface area (Å²) in [7, 11) is 1.76. The molecule has 1 rings (SSSR count). The van der Waals surface area contributed by atoms with Gasteiger partial charge in [0.05, 0.1) is 0 Å². The van der Waals surface area contributed by atoms with Gasteiger partial charge in [-0.3, -0.25) is 4.57 Å². The van der Waals surface area contributed by atoms with Crippen LogP contribution >= 0.6 is 0 Å². The zero-order valence-electron chi connectivity index (χ0n) is 7.74. The van der Waals surface area contributed by atoms with Gasteiger partial charge in [0.2, 0.25) is 0 Å². The molecule has 66 valence electrons. The van der Waals surface area contributed by atoms with Crippen LogP contribution in [0.25, 0.3) is 0 Å². The molecule has 0 fully saturated rings. The molecule has 1 aromatic heterocycles. The Labute approximate surface area is 72.1 Å². The van der Waals surface area contributed by atoms with Crippen molar-refractivity contribution in [1.29, 1.82) is 0 Å². The van der Waals surface area contributed by atoms with Crippen molar-refractivity contribution in [1.82, 2.24) is 9.55 Å². The van der Waals surface area contributed by atoms with Crippen molar-refractivity contribution in [2.75, 3.05) is 0 Å². The third-order valence-electron chi connectivity index (χ3n) is 1.79. The topological polar surface area (TPSA) is 34.9 Å². The van der Waals surface area contributed by atoms with Gasteiger partial charge in [0.1, 0.15) is 0 Å². The van der Waals surface area contributed by atoms with Crippen molar-refractivity contribution in [2.45, 2.75) is 20.3 Å². The van der Waals surface area contributed by atoms with Crippen LogP contribution in [-0.2, 0) is 13.5 Å². The van der Waals surface area contributed by atoms with Gasteiger partial charge >= 0.3 is 5.69 Å². The van der Waals surface area contributed by atoms with E-state index in [-0.39, 0.29) is 5.69 Å². The number of hydrogen-bond acceptors (Lipinski definition) is 2. The van der Waals surface area contributed by atoms with Crippen LogP contribution in [0.4, 0.5) is 0 Å². The minimum atomic E-state index is -0.173. The molecule has 0 radical (unpaired) electrons. The van der Waals surface area contributed by atoms with E-state index in [0.717, 1.165) is 12.1 Å². The summed E-state index contributed by atoms with van der Waals surface area (Å²) < 4.78 is 1.60. The molecule has 0 atom stereocenters. The maximum Gasteiger partial charge on any atom is 0.347 e. The molecule has 0 aliphatic carbocycles. The van der Waals surface area contributed by atoms with Gasteiger partial charge in [0.15, 0.2) is 0 Å². The highest BCUT2D eigenvalue weighted by atomic mass is 16.1. The van der Waals surface area contributed by atoms with Crippen LogP contribution in [0.15, 0.2) is 17.1 Å². The summed E-state index contributed by atoms with van der Waals surface area (Å²) in [4.78, 5) is 14.7. The van der Waals surface area contributed by atoms with Crippen LogP contribution in [0.2, 0.25) is 0 Å². The second-order valence-corrected chi connectivity index (χ2v) is 3.38. The van der Waals surface area contributed by atoms with Gasteiger partial charge in [-0.15, -0.1) is 0 Å². The first-order chi connectivity index (χ1) is 5.61. The molecule has 0 aliphatic rings. The van der Waals surface area contributed by atoms with E-state index in [4.69, 9.17) is 0 Å². The van der Waals surface area contributed by atoms with E-state index >= 15 is 0 Å². The first-order valence-electron chi connectivity index (χ1n) is 4.12. The van der Waals surface area contributed by atoms with E-state index in [2.05, 4.69) is 18.8 Å². The molecule has 0 aromatic carbocycles. The van der Waals surface area contributed by atoms with Crippen molar-refractivity contribution in [3.8, 4) is 0 Å². The average molecular weight is 166 g/mol. The first kappa shape index (κ1) is 8.97. The summed E-state index contributed by atoms with van der Waals surface area (Å²) >= 11 is 0. The largest absolute Gasteiger partial charge is 0.347 e. The summed E-state index contributed by atoms with van der Waals surface area (Å²) in [5.41, 5.74) is 0.873. The van der Waals surface area contributed by atoms with Crippen LogP contribution in [-0.4, -0.2) is 9.55 Å². The quantitative estimate of drug-likeness (QED) is 0.656. The van der Waals surface area contributed by atoms with Crippen molar-refractivity contribution in [3.05, 3.63) is 28.4 Å². The Morgan fingerprint density at radius 1 is 1.58 bits per heavy atom. The lowest BCUT2D eigenvalue weighted by Crippen LogP contribution is -2.23. The minimum absolute atomic E-state index is 0.173. The van der Waals surface area contributed by atoms with E-state index in [1.165, 1.54) is 0 Å². The Hall–Kier alpha value is -1.12. The van der Waals surface area contributed by atoms with Crippen LogP contribution < -0.4 is 5.69 Å². The second kappa shape index (κ2) is 3.52. The summed E-state index contributed by atoms with van der Waals surface area (Å²) in [5, 5.41) is 0. The van der Waals surface area contributed by atoms with Crippen LogP contribution in [0.5, 0.6) is 0 Å². The smallest absolute Gasteiger partial charge is 0.299 e. The lowest BCUT2D eigenvalue weighted by atomic mass is 10.1. The van der Waals surface area contributed by atoms with Crippen molar-refractivity contribution >= 4 is 0 Å². The zero-order valence-corrected chi connectivity index (χ0v) is 7.74. The van der Waals surface area contributed by atoms with Crippen molar-refractivity contribution in [3.63, 3.8) is 0 Å². The van der Waals surface area contributed by atoms with Gasteiger partial charge in [0.25, 0.3) is 0 Å². The third-order valence-corrected chi connectivity index (χ3v) is 1.79. The number of nitrogens with zero attached hydrogens (tertiary/aromatic N) is 2. The number of hydrogen-bond donors (Lipinski definition) is 0. The maximum absolute atomic E-state index is 11.1. The molecule has 0 saturated heterocycles. The van der Waals surface area contributed by atoms with Crippen LogP contribution in [0.3, 0.4) is 0 Å².